The molecule has 0 radical (unpaired) electrons. The molecule has 0 aliphatic rings. The van der Waals surface area contributed by atoms with E-state index in [1.165, 1.54) is 50.5 Å². The summed E-state index contributed by atoms with van der Waals surface area (Å²) in [5, 5.41) is 9.20. The monoisotopic (exact) mass is 340 g/mol. The van der Waals surface area contributed by atoms with Crippen LogP contribution in [0.15, 0.2) is 48.5 Å². The van der Waals surface area contributed by atoms with E-state index in [-0.39, 0.29) is 5.56 Å². The van der Waals surface area contributed by atoms with Crippen molar-refractivity contribution < 1.29 is 14.6 Å². The molecule has 0 saturated heterocycles. The van der Waals surface area contributed by atoms with Crippen LogP contribution >= 0.6 is 0 Å². The Bertz CT molecular complexity index is 647. The molecule has 0 aliphatic heterocycles. The van der Waals surface area contributed by atoms with E-state index in [9.17, 15) is 9.90 Å². The number of aryl methyl sites for hydroxylation is 1. The van der Waals surface area contributed by atoms with E-state index in [0.717, 1.165) is 6.42 Å². The van der Waals surface area contributed by atoms with Crippen LogP contribution in [0.4, 0.5) is 0 Å². The summed E-state index contributed by atoms with van der Waals surface area (Å²) in [4.78, 5) is 11.2. The van der Waals surface area contributed by atoms with Gasteiger partial charge in [0.15, 0.2) is 0 Å². The van der Waals surface area contributed by atoms with Gasteiger partial charge in [-0.05, 0) is 42.7 Å². The Morgan fingerprint density at radius 2 is 1.52 bits per heavy atom. The average Bonchev–Trinajstić information content (AvgIpc) is 2.62. The largest absolute Gasteiger partial charge is 0.478 e. The molecule has 0 aromatic heterocycles. The second kappa shape index (κ2) is 10.5. The lowest BCUT2D eigenvalue weighted by molar-refractivity contribution is 0.0694. The molecule has 0 spiro atoms. The average molecular weight is 340 g/mol. The van der Waals surface area contributed by atoms with Gasteiger partial charge in [0.25, 0.3) is 0 Å². The van der Waals surface area contributed by atoms with Crippen molar-refractivity contribution in [1.29, 1.82) is 0 Å². The predicted molar refractivity (Wildman–Crippen MR) is 102 cm³/mol. The van der Waals surface area contributed by atoms with Gasteiger partial charge in [-0.1, -0.05) is 69.7 Å². The number of rotatable bonds is 11. The first-order valence-electron chi connectivity index (χ1n) is 9.30. The van der Waals surface area contributed by atoms with Crippen LogP contribution in [-0.4, -0.2) is 11.1 Å². The summed E-state index contributed by atoms with van der Waals surface area (Å²) in [6.07, 6.45) is 10.3. The van der Waals surface area contributed by atoms with Crippen molar-refractivity contribution in [2.45, 2.75) is 58.3 Å². The van der Waals surface area contributed by atoms with Crippen LogP contribution < -0.4 is 4.74 Å². The molecule has 0 heterocycles. The van der Waals surface area contributed by atoms with E-state index in [1.54, 1.807) is 24.3 Å². The number of carboxylic acids is 1. The van der Waals surface area contributed by atoms with Crippen LogP contribution in [0, 0.1) is 0 Å². The highest BCUT2D eigenvalue weighted by atomic mass is 16.5. The lowest BCUT2D eigenvalue weighted by atomic mass is 10.0. The Morgan fingerprint density at radius 1 is 0.880 bits per heavy atom. The quantitative estimate of drug-likeness (QED) is 0.477. The molecule has 2 aromatic rings. The minimum atomic E-state index is -0.980. The molecule has 134 valence electrons. The van der Waals surface area contributed by atoms with Gasteiger partial charge < -0.3 is 9.84 Å². The van der Waals surface area contributed by atoms with Gasteiger partial charge in [0.1, 0.15) is 17.1 Å². The van der Waals surface area contributed by atoms with Crippen LogP contribution in [0.5, 0.6) is 11.5 Å². The predicted octanol–water partition coefficient (Wildman–Crippen LogP) is 6.47. The Morgan fingerprint density at radius 3 is 2.20 bits per heavy atom. The first-order chi connectivity index (χ1) is 12.2. The molecule has 3 nitrogen and oxygen atoms in total. The van der Waals surface area contributed by atoms with Gasteiger partial charge in [0.2, 0.25) is 0 Å². The van der Waals surface area contributed by atoms with Gasteiger partial charge in [-0.3, -0.25) is 0 Å². The zero-order valence-electron chi connectivity index (χ0n) is 15.0. The summed E-state index contributed by atoms with van der Waals surface area (Å²) in [6.45, 7) is 2.24. The molecule has 1 N–H and O–H groups in total. The lowest BCUT2D eigenvalue weighted by Gasteiger charge is -2.09. The number of carboxylic acid groups (broad SMARTS) is 1. The Hall–Kier alpha value is -2.29. The lowest BCUT2D eigenvalue weighted by Crippen LogP contribution is -1.99. The normalized spacial score (nSPS) is 10.6. The van der Waals surface area contributed by atoms with Crippen molar-refractivity contribution in [2.75, 3.05) is 0 Å². The number of aromatic carboxylic acids is 1. The van der Waals surface area contributed by atoms with Crippen molar-refractivity contribution in [3.05, 3.63) is 59.7 Å². The summed E-state index contributed by atoms with van der Waals surface area (Å²) in [5.41, 5.74) is 1.47. The highest BCUT2D eigenvalue weighted by molar-refractivity contribution is 5.90. The van der Waals surface area contributed by atoms with E-state index < -0.39 is 5.97 Å². The molecule has 3 heteroatoms. The molecular formula is C22H28O3. The standard InChI is InChI=1S/C22H28O3/c1-2-3-4-5-6-7-8-11-18-14-16-19(17-15-18)25-21-13-10-9-12-20(21)22(23)24/h9-10,12-17H,2-8,11H2,1H3,(H,23,24). The summed E-state index contributed by atoms with van der Waals surface area (Å²) in [5.74, 6) is 0.0537. The van der Waals surface area contributed by atoms with Crippen molar-refractivity contribution in [3.63, 3.8) is 0 Å². The Labute approximate surface area is 150 Å². The molecule has 0 aliphatic carbocycles. The molecule has 2 rings (SSSR count). The second-order valence-corrected chi connectivity index (χ2v) is 6.42. The van der Waals surface area contributed by atoms with E-state index >= 15 is 0 Å². The minimum absolute atomic E-state index is 0.176. The van der Waals surface area contributed by atoms with Crippen molar-refractivity contribution >= 4 is 5.97 Å². The third-order valence-corrected chi connectivity index (χ3v) is 4.34. The maximum Gasteiger partial charge on any atom is 0.339 e. The minimum Gasteiger partial charge on any atom is -0.478 e. The zero-order valence-corrected chi connectivity index (χ0v) is 15.0. The highest BCUT2D eigenvalue weighted by Gasteiger charge is 2.10. The van der Waals surface area contributed by atoms with Crippen LogP contribution in [0.25, 0.3) is 0 Å². The highest BCUT2D eigenvalue weighted by Crippen LogP contribution is 2.25. The summed E-state index contributed by atoms with van der Waals surface area (Å²) in [7, 11) is 0. The molecular weight excluding hydrogens is 312 g/mol. The van der Waals surface area contributed by atoms with Crippen molar-refractivity contribution in [3.8, 4) is 11.5 Å². The SMILES string of the molecule is CCCCCCCCCc1ccc(Oc2ccccc2C(=O)O)cc1. The molecule has 2 aromatic carbocycles. The summed E-state index contributed by atoms with van der Waals surface area (Å²) >= 11 is 0. The smallest absolute Gasteiger partial charge is 0.339 e. The Kier molecular flexibility index (Phi) is 8.03. The molecule has 25 heavy (non-hydrogen) atoms. The molecule has 0 amide bonds. The maximum atomic E-state index is 11.2. The van der Waals surface area contributed by atoms with Gasteiger partial charge in [0, 0.05) is 0 Å². The number of carbonyl (C=O) groups is 1. The van der Waals surface area contributed by atoms with E-state index in [0.29, 0.717) is 11.5 Å². The number of unbranched alkanes of at least 4 members (excludes halogenated alkanes) is 6. The number of hydrogen-bond acceptors (Lipinski definition) is 2. The molecule has 0 saturated carbocycles. The van der Waals surface area contributed by atoms with Gasteiger partial charge in [-0.25, -0.2) is 4.79 Å². The topological polar surface area (TPSA) is 46.5 Å². The zero-order chi connectivity index (χ0) is 17.9. The fourth-order valence-electron chi connectivity index (χ4n) is 2.87. The second-order valence-electron chi connectivity index (χ2n) is 6.42. The van der Waals surface area contributed by atoms with Gasteiger partial charge in [-0.15, -0.1) is 0 Å². The van der Waals surface area contributed by atoms with E-state index in [1.807, 2.05) is 12.1 Å². The molecule has 0 unspecified atom stereocenters. The van der Waals surface area contributed by atoms with Crippen LogP contribution in [0.1, 0.15) is 67.8 Å². The van der Waals surface area contributed by atoms with E-state index in [2.05, 4.69) is 19.1 Å². The van der Waals surface area contributed by atoms with Crippen molar-refractivity contribution in [1.82, 2.24) is 0 Å². The third-order valence-electron chi connectivity index (χ3n) is 4.34. The van der Waals surface area contributed by atoms with Crippen molar-refractivity contribution in [2.24, 2.45) is 0 Å². The Balaban J connectivity index is 1.79. The maximum absolute atomic E-state index is 11.2. The summed E-state index contributed by atoms with van der Waals surface area (Å²) in [6, 6.07) is 14.6. The fraction of sp³-hybridized carbons (Fsp3) is 0.409. The number of hydrogen-bond donors (Lipinski definition) is 1. The first-order valence-corrected chi connectivity index (χ1v) is 9.30. The number of ether oxygens (including phenoxy) is 1. The number of benzene rings is 2. The fourth-order valence-corrected chi connectivity index (χ4v) is 2.87. The van der Waals surface area contributed by atoms with Crippen LogP contribution in [-0.2, 0) is 6.42 Å². The van der Waals surface area contributed by atoms with E-state index in [4.69, 9.17) is 4.74 Å². The first kappa shape index (κ1) is 19.0. The number of para-hydroxylation sites is 1. The van der Waals surface area contributed by atoms with Crippen LogP contribution in [0.2, 0.25) is 0 Å². The van der Waals surface area contributed by atoms with Crippen LogP contribution in [0.3, 0.4) is 0 Å². The summed E-state index contributed by atoms with van der Waals surface area (Å²) < 4.78 is 5.73. The van der Waals surface area contributed by atoms with Gasteiger partial charge in [-0.2, -0.15) is 0 Å². The van der Waals surface area contributed by atoms with Gasteiger partial charge in [0.05, 0.1) is 0 Å². The molecule has 0 atom stereocenters. The molecule has 0 bridgehead atoms. The molecule has 0 fully saturated rings. The third kappa shape index (κ3) is 6.61. The van der Waals surface area contributed by atoms with Gasteiger partial charge >= 0.3 is 5.97 Å².